The number of amidine groups is 1. The van der Waals surface area contributed by atoms with Gasteiger partial charge in [0.05, 0.1) is 11.4 Å². The van der Waals surface area contributed by atoms with Gasteiger partial charge in [-0.1, -0.05) is 164 Å². The van der Waals surface area contributed by atoms with Crippen molar-refractivity contribution in [3.63, 3.8) is 0 Å². The number of aliphatic imine (C=N–C) groups is 2. The summed E-state index contributed by atoms with van der Waals surface area (Å²) in [6.45, 7) is 0. The van der Waals surface area contributed by atoms with Crippen molar-refractivity contribution < 1.29 is 8.83 Å². The lowest BCUT2D eigenvalue weighted by molar-refractivity contribution is 0.668. The van der Waals surface area contributed by atoms with Crippen LogP contribution in [-0.4, -0.2) is 11.5 Å². The molecule has 0 amide bonds. The van der Waals surface area contributed by atoms with Gasteiger partial charge in [-0.25, -0.2) is 9.98 Å². The summed E-state index contributed by atoms with van der Waals surface area (Å²) in [5.41, 5.74) is 17.1. The van der Waals surface area contributed by atoms with Crippen LogP contribution >= 0.6 is 0 Å². The SMILES string of the molecule is C1=C(c2ccc3c(c2)oc2ccccc23)N=C(c2cccc3oc4cc(-c5cc(-c6ccccc6)cc(-c6ccccc6)c5)ccc4c23)N=C(c2cccc(-c3ccc4ccccc4c3)c2)C1. The molecule has 3 heterocycles. The van der Waals surface area contributed by atoms with Gasteiger partial charge in [-0.05, 0) is 128 Å². The van der Waals surface area contributed by atoms with Gasteiger partial charge in [0, 0.05) is 39.1 Å². The highest BCUT2D eigenvalue weighted by molar-refractivity contribution is 6.23. The van der Waals surface area contributed by atoms with Gasteiger partial charge >= 0.3 is 0 Å². The van der Waals surface area contributed by atoms with Gasteiger partial charge in [-0.2, -0.15) is 0 Å². The lowest BCUT2D eigenvalue weighted by Gasteiger charge is -2.11. The third-order valence-electron chi connectivity index (χ3n) is 13.1. The number of allylic oxidation sites excluding steroid dienone is 1. The van der Waals surface area contributed by atoms with Gasteiger partial charge in [-0.3, -0.25) is 0 Å². The Balaban J connectivity index is 0.952. The van der Waals surface area contributed by atoms with Crippen LogP contribution in [0, 0.1) is 0 Å². The Morgan fingerprint density at radius 2 is 0.851 bits per heavy atom. The van der Waals surface area contributed by atoms with E-state index in [1.165, 1.54) is 21.9 Å². The molecule has 0 atom stereocenters. The standard InChI is InChI=1S/C63H40N2O2/c1-3-13-40(14-4-1)49-35-50(41-15-5-2-6-16-41)37-51(36-49)46-27-30-54-61(38-46)67-59-24-12-22-55(62(54)59)63-64-56(47-20-11-19-44(34-47)45-26-25-42-17-7-8-18-43(42)33-45)31-32-57(65-63)48-28-29-53-52-21-9-10-23-58(52)66-60(53)39-48/h1-30,32-39H,31H2. The predicted molar refractivity (Wildman–Crippen MR) is 279 cm³/mol. The molecule has 0 radical (unpaired) electrons. The van der Waals surface area contributed by atoms with Crippen LogP contribution in [0.2, 0.25) is 0 Å². The molecule has 67 heavy (non-hydrogen) atoms. The molecule has 0 saturated heterocycles. The molecule has 0 bridgehead atoms. The largest absolute Gasteiger partial charge is 0.456 e. The van der Waals surface area contributed by atoms with Crippen molar-refractivity contribution in [2.45, 2.75) is 6.42 Å². The van der Waals surface area contributed by atoms with E-state index in [4.69, 9.17) is 18.8 Å². The number of para-hydroxylation sites is 1. The van der Waals surface area contributed by atoms with Crippen LogP contribution < -0.4 is 0 Å². The Morgan fingerprint density at radius 1 is 0.313 bits per heavy atom. The van der Waals surface area contributed by atoms with Crippen LogP contribution in [0.1, 0.15) is 23.1 Å². The number of hydrogen-bond donors (Lipinski definition) is 0. The summed E-state index contributed by atoms with van der Waals surface area (Å²) in [4.78, 5) is 11.0. The second-order valence-electron chi connectivity index (χ2n) is 17.3. The van der Waals surface area contributed by atoms with E-state index in [9.17, 15) is 0 Å². The third kappa shape index (κ3) is 7.04. The Labute approximate surface area is 387 Å². The second kappa shape index (κ2) is 16.0. The molecule has 0 N–H and O–H groups in total. The summed E-state index contributed by atoms with van der Waals surface area (Å²) in [6.07, 6.45) is 2.78. The zero-order chi connectivity index (χ0) is 44.3. The molecule has 4 heteroatoms. The maximum absolute atomic E-state index is 6.77. The number of rotatable bonds is 7. The second-order valence-corrected chi connectivity index (χ2v) is 17.3. The molecule has 13 rings (SSSR count). The van der Waals surface area contributed by atoms with Crippen molar-refractivity contribution in [2.24, 2.45) is 9.98 Å². The minimum Gasteiger partial charge on any atom is -0.456 e. The average Bonchev–Trinajstić information content (AvgIpc) is 3.88. The van der Waals surface area contributed by atoms with E-state index in [-0.39, 0.29) is 0 Å². The molecule has 1 aliphatic heterocycles. The smallest absolute Gasteiger partial charge is 0.160 e. The minimum atomic E-state index is 0.583. The molecule has 10 aromatic carbocycles. The molecular weight excluding hydrogens is 817 g/mol. The highest BCUT2D eigenvalue weighted by Crippen LogP contribution is 2.39. The molecule has 1 aliphatic rings. The Kier molecular flexibility index (Phi) is 9.21. The number of furan rings is 2. The van der Waals surface area contributed by atoms with Gasteiger partial charge in [0.2, 0.25) is 0 Å². The highest BCUT2D eigenvalue weighted by atomic mass is 16.3. The topological polar surface area (TPSA) is 51.0 Å². The maximum atomic E-state index is 6.77. The molecule has 2 aromatic heterocycles. The van der Waals surface area contributed by atoms with Gasteiger partial charge < -0.3 is 8.83 Å². The fourth-order valence-corrected chi connectivity index (χ4v) is 9.75. The third-order valence-corrected chi connectivity index (χ3v) is 13.1. The Hall–Kier alpha value is -8.86. The quantitative estimate of drug-likeness (QED) is 0.160. The van der Waals surface area contributed by atoms with E-state index in [1.54, 1.807) is 0 Å². The summed E-state index contributed by atoms with van der Waals surface area (Å²) in [7, 11) is 0. The van der Waals surface area contributed by atoms with Crippen LogP contribution in [0.25, 0.3) is 105 Å². The lowest BCUT2D eigenvalue weighted by Crippen LogP contribution is -2.05. The molecule has 0 saturated carbocycles. The molecule has 12 aromatic rings. The summed E-state index contributed by atoms with van der Waals surface area (Å²) >= 11 is 0. The van der Waals surface area contributed by atoms with Crippen molar-refractivity contribution in [2.75, 3.05) is 0 Å². The van der Waals surface area contributed by atoms with E-state index >= 15 is 0 Å². The molecule has 314 valence electrons. The predicted octanol–water partition coefficient (Wildman–Crippen LogP) is 17.0. The number of hydrogen-bond acceptors (Lipinski definition) is 4. The molecule has 0 aliphatic carbocycles. The summed E-state index contributed by atoms with van der Waals surface area (Å²) in [5, 5.41) is 6.60. The van der Waals surface area contributed by atoms with Crippen LogP contribution in [0.3, 0.4) is 0 Å². The molecular formula is C63H40N2O2. The van der Waals surface area contributed by atoms with Gasteiger partial charge in [0.25, 0.3) is 0 Å². The molecule has 0 fully saturated rings. The summed E-state index contributed by atoms with van der Waals surface area (Å²) in [5.74, 6) is 0.625. The van der Waals surface area contributed by atoms with E-state index in [0.29, 0.717) is 12.3 Å². The van der Waals surface area contributed by atoms with Crippen LogP contribution in [0.15, 0.2) is 249 Å². The van der Waals surface area contributed by atoms with E-state index in [0.717, 1.165) is 105 Å². The zero-order valence-corrected chi connectivity index (χ0v) is 36.4. The van der Waals surface area contributed by atoms with Crippen molar-refractivity contribution in [1.82, 2.24) is 0 Å². The van der Waals surface area contributed by atoms with E-state index < -0.39 is 0 Å². The minimum absolute atomic E-state index is 0.583. The fraction of sp³-hybridized carbons (Fsp3) is 0.0159. The molecule has 4 nitrogen and oxygen atoms in total. The van der Waals surface area contributed by atoms with Crippen molar-refractivity contribution in [3.05, 3.63) is 247 Å². The first-order chi connectivity index (χ1) is 33.1. The maximum Gasteiger partial charge on any atom is 0.160 e. The van der Waals surface area contributed by atoms with Crippen LogP contribution in [0.5, 0.6) is 0 Å². The molecule has 0 unspecified atom stereocenters. The Bertz CT molecular complexity index is 3940. The molecule has 0 spiro atoms. The fourth-order valence-electron chi connectivity index (χ4n) is 9.75. The number of fused-ring (bicyclic) bond motifs is 7. The first kappa shape index (κ1) is 38.6. The lowest BCUT2D eigenvalue weighted by atomic mass is 9.93. The van der Waals surface area contributed by atoms with Gasteiger partial charge in [-0.15, -0.1) is 0 Å². The van der Waals surface area contributed by atoms with Crippen LogP contribution in [-0.2, 0) is 0 Å². The normalized spacial score (nSPS) is 13.0. The summed E-state index contributed by atoms with van der Waals surface area (Å²) in [6, 6.07) is 79.3. The zero-order valence-electron chi connectivity index (χ0n) is 36.4. The summed E-state index contributed by atoms with van der Waals surface area (Å²) < 4.78 is 13.1. The number of benzene rings is 10. The Morgan fingerprint density at radius 3 is 1.67 bits per heavy atom. The first-order valence-electron chi connectivity index (χ1n) is 22.7. The van der Waals surface area contributed by atoms with Crippen LogP contribution in [0.4, 0.5) is 0 Å². The van der Waals surface area contributed by atoms with Crippen molar-refractivity contribution >= 4 is 71.9 Å². The van der Waals surface area contributed by atoms with Crippen molar-refractivity contribution in [3.8, 4) is 44.5 Å². The average molecular weight is 857 g/mol. The van der Waals surface area contributed by atoms with E-state index in [2.05, 4.69) is 206 Å². The van der Waals surface area contributed by atoms with E-state index in [1.807, 2.05) is 24.3 Å². The van der Waals surface area contributed by atoms with Gasteiger partial charge in [0.15, 0.2) is 5.84 Å². The highest BCUT2D eigenvalue weighted by Gasteiger charge is 2.21. The van der Waals surface area contributed by atoms with Gasteiger partial charge in [0.1, 0.15) is 22.3 Å². The number of nitrogens with zero attached hydrogens (tertiary/aromatic N) is 2. The monoisotopic (exact) mass is 856 g/mol. The van der Waals surface area contributed by atoms with Crippen molar-refractivity contribution in [1.29, 1.82) is 0 Å². The first-order valence-corrected chi connectivity index (χ1v) is 22.7.